The Kier molecular flexibility index (Phi) is 3.02. The molecule has 2 amide bonds. The first-order valence-electron chi connectivity index (χ1n) is 8.68. The molecule has 4 N–H and O–H groups in total. The number of hydrogen-bond donors (Lipinski definition) is 4. The first-order valence-corrected chi connectivity index (χ1v) is 8.68. The highest BCUT2D eigenvalue weighted by atomic mass is 16.5. The molecule has 138 valence electrons. The average Bonchev–Trinajstić information content (AvgIpc) is 3.45. The summed E-state index contributed by atoms with van der Waals surface area (Å²) in [4.78, 5) is 26.9. The van der Waals surface area contributed by atoms with Gasteiger partial charge in [0.2, 0.25) is 0 Å². The maximum atomic E-state index is 11.4. The van der Waals surface area contributed by atoms with Gasteiger partial charge in [-0.25, -0.2) is 9.78 Å². The molecule has 1 aromatic heterocycles. The van der Waals surface area contributed by atoms with E-state index in [-0.39, 0.29) is 17.2 Å². The maximum absolute atomic E-state index is 11.4. The van der Waals surface area contributed by atoms with Crippen LogP contribution in [0.2, 0.25) is 0 Å². The minimum absolute atomic E-state index is 0.139. The van der Waals surface area contributed by atoms with E-state index in [1.807, 2.05) is 0 Å². The topological polar surface area (TPSA) is 121 Å². The maximum Gasteiger partial charge on any atom is 0.320 e. The number of anilines is 1. The number of rotatable bonds is 5. The van der Waals surface area contributed by atoms with E-state index in [1.165, 1.54) is 0 Å². The van der Waals surface area contributed by atoms with Gasteiger partial charge in [0, 0.05) is 6.20 Å². The number of amides is 2. The van der Waals surface area contributed by atoms with E-state index in [2.05, 4.69) is 15.6 Å². The Balaban J connectivity index is 1.39. The number of carbonyl (C=O) groups is 2. The van der Waals surface area contributed by atoms with Gasteiger partial charge in [-0.2, -0.15) is 0 Å². The van der Waals surface area contributed by atoms with Crippen LogP contribution in [-0.2, 0) is 17.8 Å². The van der Waals surface area contributed by atoms with Crippen molar-refractivity contribution in [2.75, 3.05) is 5.32 Å². The molecule has 0 saturated heterocycles. The zero-order chi connectivity index (χ0) is 18.8. The zero-order valence-electron chi connectivity index (χ0n) is 14.3. The summed E-state index contributed by atoms with van der Waals surface area (Å²) in [6.07, 6.45) is 3.41. The van der Waals surface area contributed by atoms with Gasteiger partial charge in [-0.15, -0.1) is 0 Å². The van der Waals surface area contributed by atoms with E-state index in [0.29, 0.717) is 48.7 Å². The van der Waals surface area contributed by atoms with E-state index in [0.717, 1.165) is 5.56 Å². The van der Waals surface area contributed by atoms with Gasteiger partial charge in [0.05, 0.1) is 17.5 Å². The Hall–Kier alpha value is -3.29. The molecular weight excluding hydrogens is 350 g/mol. The molecule has 8 nitrogen and oxygen atoms in total. The summed E-state index contributed by atoms with van der Waals surface area (Å²) >= 11 is 0. The number of aromatic hydroxyl groups is 1. The van der Waals surface area contributed by atoms with Gasteiger partial charge in [-0.05, 0) is 54.5 Å². The fourth-order valence-electron chi connectivity index (χ4n) is 4.12. The number of phenolic OH excluding ortho intramolecular Hbond substituents is 1. The third-order valence-corrected chi connectivity index (χ3v) is 5.93. The highest BCUT2D eigenvalue weighted by Crippen LogP contribution is 2.87. The van der Waals surface area contributed by atoms with E-state index in [9.17, 15) is 19.8 Å². The predicted molar refractivity (Wildman–Crippen MR) is 93.7 cm³/mol. The summed E-state index contributed by atoms with van der Waals surface area (Å²) in [5.74, 6) is 0.941. The Morgan fingerprint density at radius 3 is 2.85 bits per heavy atom. The Morgan fingerprint density at radius 2 is 2.11 bits per heavy atom. The van der Waals surface area contributed by atoms with Crippen molar-refractivity contribution in [1.82, 2.24) is 10.3 Å². The molecule has 0 atom stereocenters. The van der Waals surface area contributed by atoms with Crippen molar-refractivity contribution in [2.24, 2.45) is 10.8 Å². The lowest BCUT2D eigenvalue weighted by Gasteiger charge is -2.20. The number of carboxylic acids is 1. The van der Waals surface area contributed by atoms with Crippen LogP contribution in [0.25, 0.3) is 0 Å². The number of fused-ring (bicyclic) bond motifs is 2. The predicted octanol–water partition coefficient (Wildman–Crippen LogP) is 2.62. The number of ether oxygens (including phenoxy) is 1. The second-order valence-electron chi connectivity index (χ2n) is 7.53. The van der Waals surface area contributed by atoms with Gasteiger partial charge in [0.1, 0.15) is 23.1 Å². The molecular formula is C19H17N3O5. The Bertz CT molecular complexity index is 997. The number of hydrogen-bond acceptors (Lipinski definition) is 5. The van der Waals surface area contributed by atoms with Crippen LogP contribution in [-0.4, -0.2) is 27.2 Å². The number of carboxylic acid groups (broad SMARTS) is 1. The van der Waals surface area contributed by atoms with E-state index in [4.69, 9.17) is 4.74 Å². The van der Waals surface area contributed by atoms with Crippen LogP contribution < -0.4 is 15.4 Å². The van der Waals surface area contributed by atoms with Crippen molar-refractivity contribution in [3.63, 3.8) is 0 Å². The molecule has 2 aliphatic carbocycles. The van der Waals surface area contributed by atoms with E-state index >= 15 is 0 Å². The molecule has 27 heavy (non-hydrogen) atoms. The highest BCUT2D eigenvalue weighted by Gasteiger charge is 2.87. The molecule has 2 aromatic rings. The lowest BCUT2D eigenvalue weighted by atomic mass is 10.0. The molecule has 0 spiro atoms. The first kappa shape index (κ1) is 15.9. The van der Waals surface area contributed by atoms with Crippen LogP contribution in [0.3, 0.4) is 0 Å². The van der Waals surface area contributed by atoms with Gasteiger partial charge in [0.25, 0.3) is 0 Å². The van der Waals surface area contributed by atoms with Crippen LogP contribution in [0.15, 0.2) is 30.5 Å². The molecule has 0 unspecified atom stereocenters. The number of nitrogens with zero attached hydrogens (tertiary/aromatic N) is 1. The fraction of sp³-hybridized carbons (Fsp3) is 0.316. The third kappa shape index (κ3) is 2.33. The minimum Gasteiger partial charge on any atom is -0.508 e. The Morgan fingerprint density at radius 1 is 1.30 bits per heavy atom. The monoisotopic (exact) mass is 367 g/mol. The van der Waals surface area contributed by atoms with Crippen LogP contribution in [0, 0.1) is 10.8 Å². The molecule has 8 heteroatoms. The molecule has 0 radical (unpaired) electrons. The standard InChI is InChI=1S/C19H17N3O5/c23-13-2-1-11(5-10(13)6-18-8-19(18,9-18)16(24)25)27-14-3-4-20-15-12(14)7-21-17(26)22-15/h1-5,23H,6-9H2,(H,24,25)(H2,20,21,22,26)/t18-,19-. The molecule has 1 aromatic carbocycles. The lowest BCUT2D eigenvalue weighted by molar-refractivity contribution is -0.140. The summed E-state index contributed by atoms with van der Waals surface area (Å²) in [7, 11) is 0. The molecule has 5 rings (SSSR count). The molecule has 2 heterocycles. The van der Waals surface area contributed by atoms with Crippen LogP contribution in [0.1, 0.15) is 24.0 Å². The summed E-state index contributed by atoms with van der Waals surface area (Å²) in [5, 5.41) is 24.8. The first-order chi connectivity index (χ1) is 12.9. The number of nitrogens with one attached hydrogen (secondary N) is 2. The largest absolute Gasteiger partial charge is 0.508 e. The molecule has 2 saturated carbocycles. The number of aliphatic carboxylic acids is 1. The number of carbonyl (C=O) groups excluding carboxylic acids is 1. The quantitative estimate of drug-likeness (QED) is 0.645. The van der Waals surface area contributed by atoms with Crippen LogP contribution >= 0.6 is 0 Å². The van der Waals surface area contributed by atoms with Crippen molar-refractivity contribution in [3.05, 3.63) is 41.6 Å². The second kappa shape index (κ2) is 5.12. The normalized spacial score (nSPS) is 26.9. The van der Waals surface area contributed by atoms with Gasteiger partial charge >= 0.3 is 12.0 Å². The lowest BCUT2D eigenvalue weighted by Crippen LogP contribution is -2.34. The van der Waals surface area contributed by atoms with Gasteiger partial charge in [0.15, 0.2) is 0 Å². The van der Waals surface area contributed by atoms with Crippen molar-refractivity contribution in [3.8, 4) is 17.2 Å². The van der Waals surface area contributed by atoms with Gasteiger partial charge in [-0.1, -0.05) is 0 Å². The van der Waals surface area contributed by atoms with Crippen molar-refractivity contribution in [2.45, 2.75) is 25.8 Å². The third-order valence-electron chi connectivity index (χ3n) is 5.93. The van der Waals surface area contributed by atoms with Crippen molar-refractivity contribution in [1.29, 1.82) is 0 Å². The number of benzene rings is 1. The van der Waals surface area contributed by atoms with Crippen molar-refractivity contribution >= 4 is 17.8 Å². The molecule has 0 bridgehead atoms. The highest BCUT2D eigenvalue weighted by molar-refractivity contribution is 5.91. The van der Waals surface area contributed by atoms with E-state index < -0.39 is 11.4 Å². The summed E-state index contributed by atoms with van der Waals surface area (Å²) < 4.78 is 5.97. The van der Waals surface area contributed by atoms with Crippen LogP contribution in [0.4, 0.5) is 10.6 Å². The number of phenols is 1. The molecule has 2 fully saturated rings. The number of urea groups is 1. The fourth-order valence-corrected chi connectivity index (χ4v) is 4.12. The smallest absolute Gasteiger partial charge is 0.320 e. The minimum atomic E-state index is -0.743. The van der Waals surface area contributed by atoms with Crippen molar-refractivity contribution < 1.29 is 24.5 Å². The summed E-state index contributed by atoms with van der Waals surface area (Å²) in [6.45, 7) is 0.305. The second-order valence-corrected chi connectivity index (χ2v) is 7.53. The SMILES string of the molecule is O=C1NCc2c(Oc3ccc(O)c(C[C@]45C[C@]4(C(=O)O)C5)c3)ccnc2N1. The van der Waals surface area contributed by atoms with Crippen LogP contribution in [0.5, 0.6) is 17.2 Å². The molecule has 1 aliphatic heterocycles. The van der Waals surface area contributed by atoms with Gasteiger partial charge in [-0.3, -0.25) is 10.1 Å². The number of pyridine rings is 1. The Labute approximate surface area is 154 Å². The average molecular weight is 367 g/mol. The molecule has 3 aliphatic rings. The number of aromatic nitrogens is 1. The summed E-state index contributed by atoms with van der Waals surface area (Å²) in [5.41, 5.74) is 0.630. The summed E-state index contributed by atoms with van der Waals surface area (Å²) in [6, 6.07) is 6.36. The zero-order valence-corrected chi connectivity index (χ0v) is 14.3. The van der Waals surface area contributed by atoms with E-state index in [1.54, 1.807) is 30.5 Å². The van der Waals surface area contributed by atoms with Gasteiger partial charge < -0.3 is 20.3 Å².